The molecular weight excluding hydrogens is 230 g/mol. The summed E-state index contributed by atoms with van der Waals surface area (Å²) in [6.45, 7) is 0.188. The number of anilines is 1. The van der Waals surface area contributed by atoms with Crippen LogP contribution in [-0.4, -0.2) is 12.7 Å². The molecule has 0 saturated heterocycles. The van der Waals surface area contributed by atoms with Crippen LogP contribution in [0.1, 0.15) is 10.4 Å². The monoisotopic (exact) mass is 241 g/mol. The van der Waals surface area contributed by atoms with Crippen molar-refractivity contribution < 1.29 is 14.3 Å². The Kier molecular flexibility index (Phi) is 2.61. The molecule has 0 radical (unpaired) electrons. The van der Waals surface area contributed by atoms with E-state index in [9.17, 15) is 4.79 Å². The molecule has 0 fully saturated rings. The molecule has 0 aromatic heterocycles. The predicted octanol–water partition coefficient (Wildman–Crippen LogP) is 2.67. The van der Waals surface area contributed by atoms with Crippen molar-refractivity contribution in [2.75, 3.05) is 12.1 Å². The summed E-state index contributed by atoms with van der Waals surface area (Å²) in [5.41, 5.74) is 1.23. The van der Waals surface area contributed by atoms with E-state index in [0.717, 1.165) is 0 Å². The zero-order valence-corrected chi connectivity index (χ0v) is 9.55. The highest BCUT2D eigenvalue weighted by Crippen LogP contribution is 2.38. The summed E-state index contributed by atoms with van der Waals surface area (Å²) in [7, 11) is 0. The van der Waals surface area contributed by atoms with Gasteiger partial charge in [-0.25, -0.2) is 0 Å². The first-order valence-electron chi connectivity index (χ1n) is 5.59. The Morgan fingerprint density at radius 3 is 2.67 bits per heavy atom. The Morgan fingerprint density at radius 2 is 1.83 bits per heavy atom. The molecule has 0 saturated carbocycles. The molecule has 2 aromatic rings. The number of carbonyl (C=O) groups is 1. The molecule has 4 heteroatoms. The standard InChI is InChI=1S/C14H11NO3/c16-14(10-5-2-1-3-6-10)15-11-7-4-8-12-13(11)18-9-17-12/h1-8H,9H2,(H,15,16). The van der Waals surface area contributed by atoms with Gasteiger partial charge in [0.1, 0.15) is 0 Å². The number of rotatable bonds is 2. The first-order chi connectivity index (χ1) is 8.84. The fourth-order valence-electron chi connectivity index (χ4n) is 1.81. The molecule has 3 rings (SSSR count). The second-order valence-corrected chi connectivity index (χ2v) is 3.86. The Bertz CT molecular complexity index is 581. The highest BCUT2D eigenvalue weighted by Gasteiger charge is 2.18. The van der Waals surface area contributed by atoms with Crippen molar-refractivity contribution in [2.45, 2.75) is 0 Å². The molecule has 0 unspecified atom stereocenters. The van der Waals surface area contributed by atoms with E-state index >= 15 is 0 Å². The first kappa shape index (κ1) is 10.7. The Hall–Kier alpha value is -2.49. The lowest BCUT2D eigenvalue weighted by molar-refractivity contribution is 0.102. The summed E-state index contributed by atoms with van der Waals surface area (Å²) in [4.78, 5) is 12.0. The van der Waals surface area contributed by atoms with Crippen molar-refractivity contribution in [1.29, 1.82) is 0 Å². The van der Waals surface area contributed by atoms with Crippen LogP contribution in [0, 0.1) is 0 Å². The Morgan fingerprint density at radius 1 is 1.00 bits per heavy atom. The van der Waals surface area contributed by atoms with E-state index in [1.165, 1.54) is 0 Å². The minimum absolute atomic E-state index is 0.167. The van der Waals surface area contributed by atoms with Crippen LogP contribution in [0.3, 0.4) is 0 Å². The number of carbonyl (C=O) groups excluding carboxylic acids is 1. The van der Waals surface area contributed by atoms with Gasteiger partial charge < -0.3 is 14.8 Å². The van der Waals surface area contributed by atoms with E-state index in [1.54, 1.807) is 24.3 Å². The second-order valence-electron chi connectivity index (χ2n) is 3.86. The van der Waals surface area contributed by atoms with Crippen LogP contribution in [0.25, 0.3) is 0 Å². The van der Waals surface area contributed by atoms with Gasteiger partial charge in [-0.15, -0.1) is 0 Å². The summed E-state index contributed by atoms with van der Waals surface area (Å²) in [5, 5.41) is 2.81. The highest BCUT2D eigenvalue weighted by molar-refractivity contribution is 6.05. The molecule has 0 aliphatic carbocycles. The van der Waals surface area contributed by atoms with Gasteiger partial charge in [-0.3, -0.25) is 4.79 Å². The van der Waals surface area contributed by atoms with Gasteiger partial charge in [-0.2, -0.15) is 0 Å². The SMILES string of the molecule is O=C(Nc1cccc2c1OCO2)c1ccccc1. The van der Waals surface area contributed by atoms with Crippen LogP contribution in [0.4, 0.5) is 5.69 Å². The van der Waals surface area contributed by atoms with E-state index in [4.69, 9.17) is 9.47 Å². The van der Waals surface area contributed by atoms with Crippen LogP contribution >= 0.6 is 0 Å². The van der Waals surface area contributed by atoms with Crippen molar-refractivity contribution in [3.05, 3.63) is 54.1 Å². The predicted molar refractivity (Wildman–Crippen MR) is 67.0 cm³/mol. The molecule has 1 aliphatic rings. The normalized spacial score (nSPS) is 12.2. The lowest BCUT2D eigenvalue weighted by Crippen LogP contribution is -2.12. The molecule has 2 aromatic carbocycles. The fraction of sp³-hybridized carbons (Fsp3) is 0.0714. The zero-order chi connectivity index (χ0) is 12.4. The third kappa shape index (κ3) is 1.88. The van der Waals surface area contributed by atoms with Crippen molar-refractivity contribution in [2.24, 2.45) is 0 Å². The van der Waals surface area contributed by atoms with E-state index < -0.39 is 0 Å². The van der Waals surface area contributed by atoms with Gasteiger partial charge in [0.25, 0.3) is 5.91 Å². The average Bonchev–Trinajstić information content (AvgIpc) is 2.89. The van der Waals surface area contributed by atoms with Gasteiger partial charge in [-0.1, -0.05) is 24.3 Å². The molecule has 0 spiro atoms. The number of nitrogens with one attached hydrogen (secondary N) is 1. The van der Waals surface area contributed by atoms with Crippen LogP contribution in [-0.2, 0) is 0 Å². The lowest BCUT2D eigenvalue weighted by Gasteiger charge is -2.07. The van der Waals surface area contributed by atoms with Gasteiger partial charge in [0.2, 0.25) is 6.79 Å². The summed E-state index contributed by atoms with van der Waals surface area (Å²) in [6.07, 6.45) is 0. The maximum atomic E-state index is 12.0. The number of hydrogen-bond acceptors (Lipinski definition) is 3. The molecule has 90 valence electrons. The molecule has 1 N–H and O–H groups in total. The lowest BCUT2D eigenvalue weighted by atomic mass is 10.2. The summed E-state index contributed by atoms with van der Waals surface area (Å²) in [6, 6.07) is 14.4. The largest absolute Gasteiger partial charge is 0.454 e. The van der Waals surface area contributed by atoms with Gasteiger partial charge in [0.05, 0.1) is 5.69 Å². The third-order valence-corrected chi connectivity index (χ3v) is 2.68. The van der Waals surface area contributed by atoms with Gasteiger partial charge in [0, 0.05) is 5.56 Å². The van der Waals surface area contributed by atoms with Crippen molar-refractivity contribution in [3.63, 3.8) is 0 Å². The van der Waals surface area contributed by atoms with Crippen molar-refractivity contribution in [3.8, 4) is 11.5 Å². The smallest absolute Gasteiger partial charge is 0.255 e. The topological polar surface area (TPSA) is 47.6 Å². The van der Waals surface area contributed by atoms with Crippen LogP contribution < -0.4 is 14.8 Å². The summed E-state index contributed by atoms with van der Waals surface area (Å²) < 4.78 is 10.6. The quantitative estimate of drug-likeness (QED) is 0.879. The zero-order valence-electron chi connectivity index (χ0n) is 9.55. The van der Waals surface area contributed by atoms with E-state index in [0.29, 0.717) is 22.7 Å². The molecule has 1 heterocycles. The van der Waals surface area contributed by atoms with Crippen LogP contribution in [0.15, 0.2) is 48.5 Å². The fourth-order valence-corrected chi connectivity index (χ4v) is 1.81. The minimum atomic E-state index is -0.167. The summed E-state index contributed by atoms with van der Waals surface area (Å²) >= 11 is 0. The number of para-hydroxylation sites is 1. The third-order valence-electron chi connectivity index (χ3n) is 2.68. The first-order valence-corrected chi connectivity index (χ1v) is 5.59. The number of hydrogen-bond donors (Lipinski definition) is 1. The van der Waals surface area contributed by atoms with Gasteiger partial charge >= 0.3 is 0 Å². The average molecular weight is 241 g/mol. The Balaban J connectivity index is 1.86. The van der Waals surface area contributed by atoms with Crippen LogP contribution in [0.2, 0.25) is 0 Å². The maximum Gasteiger partial charge on any atom is 0.255 e. The molecular formula is C14H11NO3. The van der Waals surface area contributed by atoms with Crippen molar-refractivity contribution >= 4 is 11.6 Å². The molecule has 1 amide bonds. The molecule has 1 aliphatic heterocycles. The molecule has 4 nitrogen and oxygen atoms in total. The number of benzene rings is 2. The Labute approximate surface area is 104 Å². The van der Waals surface area contributed by atoms with Gasteiger partial charge in [-0.05, 0) is 24.3 Å². The number of fused-ring (bicyclic) bond motifs is 1. The van der Waals surface area contributed by atoms with Gasteiger partial charge in [0.15, 0.2) is 11.5 Å². The number of amides is 1. The number of ether oxygens (including phenoxy) is 2. The van der Waals surface area contributed by atoms with Crippen molar-refractivity contribution in [1.82, 2.24) is 0 Å². The molecule has 0 atom stereocenters. The second kappa shape index (κ2) is 4.41. The van der Waals surface area contributed by atoms with E-state index in [1.807, 2.05) is 24.3 Å². The summed E-state index contributed by atoms with van der Waals surface area (Å²) in [5.74, 6) is 1.07. The van der Waals surface area contributed by atoms with E-state index in [-0.39, 0.29) is 12.7 Å². The minimum Gasteiger partial charge on any atom is -0.454 e. The van der Waals surface area contributed by atoms with Crippen LogP contribution in [0.5, 0.6) is 11.5 Å². The molecule has 18 heavy (non-hydrogen) atoms. The molecule has 0 bridgehead atoms. The maximum absolute atomic E-state index is 12.0. The van der Waals surface area contributed by atoms with E-state index in [2.05, 4.69) is 5.32 Å². The highest BCUT2D eigenvalue weighted by atomic mass is 16.7.